The molecule has 2 heterocycles. The molecule has 1 aliphatic heterocycles. The highest BCUT2D eigenvalue weighted by Gasteiger charge is 2.39. The van der Waals surface area contributed by atoms with E-state index in [4.69, 9.17) is 14.2 Å². The molecule has 1 fully saturated rings. The predicted octanol–water partition coefficient (Wildman–Crippen LogP) is 1.42. The van der Waals surface area contributed by atoms with Crippen LogP contribution in [0.15, 0.2) is 12.3 Å². The molecule has 0 aromatic carbocycles. The Labute approximate surface area is 145 Å². The van der Waals surface area contributed by atoms with Crippen LogP contribution in [0.1, 0.15) is 24.8 Å². The first-order valence-corrected chi connectivity index (χ1v) is 7.93. The van der Waals surface area contributed by atoms with Crippen molar-refractivity contribution in [2.24, 2.45) is 5.92 Å². The summed E-state index contributed by atoms with van der Waals surface area (Å²) < 4.78 is 15.4. The van der Waals surface area contributed by atoms with E-state index in [2.05, 4.69) is 4.98 Å². The third kappa shape index (κ3) is 4.30. The molecule has 0 saturated carbocycles. The number of ether oxygens (including phenoxy) is 3. The fraction of sp³-hybridized carbons (Fsp3) is 0.562. The Bertz CT molecular complexity index is 623. The van der Waals surface area contributed by atoms with E-state index < -0.39 is 18.0 Å². The fourth-order valence-corrected chi connectivity index (χ4v) is 3.00. The highest BCUT2D eigenvalue weighted by molar-refractivity contribution is 5.76. The summed E-state index contributed by atoms with van der Waals surface area (Å²) in [5.41, 5.74) is 0.577. The lowest BCUT2D eigenvalue weighted by molar-refractivity contribution is -0.150. The standard InChI is InChI=1S/C16H22N2O7/c1-3-24-15(20)12-8-18(16(21)22)7-5-10(12)11-4-6-17-14(19)13(11)25-9-23-2/h4,6,10,12H,3,5,7-9H2,1-2H3,(H,17,19)(H,21,22). The largest absolute Gasteiger partial charge is 0.491 e. The molecule has 2 rings (SSSR count). The molecule has 2 N–H and O–H groups in total. The number of carbonyl (C=O) groups excluding carboxylic acids is 1. The SMILES string of the molecule is CCOC(=O)C1CN(C(=O)O)CCC1c1ccnc(O)c1OCOC. The van der Waals surface area contributed by atoms with Crippen LogP contribution in [0.2, 0.25) is 0 Å². The van der Waals surface area contributed by atoms with Gasteiger partial charge in [-0.1, -0.05) is 0 Å². The Kier molecular flexibility index (Phi) is 6.40. The first-order chi connectivity index (χ1) is 12.0. The Morgan fingerprint density at radius 3 is 2.84 bits per heavy atom. The van der Waals surface area contributed by atoms with Gasteiger partial charge in [-0.2, -0.15) is 0 Å². The zero-order chi connectivity index (χ0) is 18.4. The van der Waals surface area contributed by atoms with Crippen molar-refractivity contribution in [1.29, 1.82) is 0 Å². The quantitative estimate of drug-likeness (QED) is 0.581. The normalized spacial score (nSPS) is 20.2. The van der Waals surface area contributed by atoms with Gasteiger partial charge in [0.25, 0.3) is 5.88 Å². The molecular formula is C16H22N2O7. The lowest BCUT2D eigenvalue weighted by Gasteiger charge is -2.36. The maximum absolute atomic E-state index is 12.4. The van der Waals surface area contributed by atoms with Crippen molar-refractivity contribution in [3.63, 3.8) is 0 Å². The maximum Gasteiger partial charge on any atom is 0.407 e. The number of pyridine rings is 1. The van der Waals surface area contributed by atoms with Gasteiger partial charge in [0.15, 0.2) is 12.5 Å². The molecule has 25 heavy (non-hydrogen) atoms. The molecule has 2 unspecified atom stereocenters. The molecule has 9 nitrogen and oxygen atoms in total. The van der Waals surface area contributed by atoms with Gasteiger partial charge in [-0.15, -0.1) is 0 Å². The highest BCUT2D eigenvalue weighted by atomic mass is 16.7. The lowest BCUT2D eigenvalue weighted by Crippen LogP contribution is -2.45. The predicted molar refractivity (Wildman–Crippen MR) is 85.5 cm³/mol. The fourth-order valence-electron chi connectivity index (χ4n) is 3.00. The summed E-state index contributed by atoms with van der Waals surface area (Å²) in [6.45, 7) is 2.08. The van der Waals surface area contributed by atoms with Gasteiger partial charge in [0.2, 0.25) is 0 Å². The maximum atomic E-state index is 12.4. The molecule has 9 heteroatoms. The summed E-state index contributed by atoms with van der Waals surface area (Å²) >= 11 is 0. The molecule has 1 aliphatic rings. The van der Waals surface area contributed by atoms with Gasteiger partial charge in [-0.25, -0.2) is 9.78 Å². The molecule has 1 saturated heterocycles. The van der Waals surface area contributed by atoms with Crippen molar-refractivity contribution in [2.75, 3.05) is 33.6 Å². The van der Waals surface area contributed by atoms with Crippen molar-refractivity contribution in [3.8, 4) is 11.6 Å². The second-order valence-electron chi connectivity index (χ2n) is 5.59. The number of nitrogens with zero attached hydrogens (tertiary/aromatic N) is 2. The van der Waals surface area contributed by atoms with Gasteiger partial charge in [-0.05, 0) is 19.4 Å². The van der Waals surface area contributed by atoms with Crippen LogP contribution >= 0.6 is 0 Å². The van der Waals surface area contributed by atoms with Crippen molar-refractivity contribution in [2.45, 2.75) is 19.3 Å². The average molecular weight is 354 g/mol. The van der Waals surface area contributed by atoms with Crippen LogP contribution in [-0.2, 0) is 14.3 Å². The Hall–Kier alpha value is -2.55. The van der Waals surface area contributed by atoms with Gasteiger partial charge in [0.05, 0.1) is 12.5 Å². The Morgan fingerprint density at radius 2 is 2.20 bits per heavy atom. The molecule has 138 valence electrons. The number of amides is 1. The molecule has 0 aliphatic carbocycles. The average Bonchev–Trinajstić information content (AvgIpc) is 2.60. The van der Waals surface area contributed by atoms with Crippen LogP contribution in [0.4, 0.5) is 4.79 Å². The lowest BCUT2D eigenvalue weighted by atomic mass is 9.80. The summed E-state index contributed by atoms with van der Waals surface area (Å²) in [6, 6.07) is 1.65. The molecule has 1 aromatic heterocycles. The number of aromatic nitrogens is 1. The minimum Gasteiger partial charge on any atom is -0.491 e. The van der Waals surface area contributed by atoms with E-state index in [0.717, 1.165) is 0 Å². The number of rotatable bonds is 6. The van der Waals surface area contributed by atoms with Crippen LogP contribution in [0.5, 0.6) is 11.6 Å². The number of methoxy groups -OCH3 is 1. The number of piperidine rings is 1. The number of hydrogen-bond donors (Lipinski definition) is 2. The van der Waals surface area contributed by atoms with E-state index in [1.807, 2.05) is 0 Å². The van der Waals surface area contributed by atoms with Crippen molar-refractivity contribution < 1.29 is 34.0 Å². The minimum absolute atomic E-state index is 0.0195. The van der Waals surface area contributed by atoms with Gasteiger partial charge >= 0.3 is 12.1 Å². The molecule has 2 atom stereocenters. The summed E-state index contributed by atoms with van der Waals surface area (Å²) in [5.74, 6) is -1.72. The number of hydrogen-bond acceptors (Lipinski definition) is 7. The van der Waals surface area contributed by atoms with E-state index in [1.54, 1.807) is 13.0 Å². The second-order valence-corrected chi connectivity index (χ2v) is 5.59. The monoisotopic (exact) mass is 354 g/mol. The minimum atomic E-state index is -1.08. The number of carboxylic acid groups (broad SMARTS) is 1. The van der Waals surface area contributed by atoms with E-state index in [-0.39, 0.29) is 44.0 Å². The highest BCUT2D eigenvalue weighted by Crippen LogP contribution is 2.41. The van der Waals surface area contributed by atoms with E-state index in [0.29, 0.717) is 12.0 Å². The van der Waals surface area contributed by atoms with Crippen LogP contribution in [0, 0.1) is 5.92 Å². The zero-order valence-electron chi connectivity index (χ0n) is 14.2. The van der Waals surface area contributed by atoms with Crippen LogP contribution in [-0.4, -0.2) is 65.8 Å². The summed E-state index contributed by atoms with van der Waals surface area (Å²) in [7, 11) is 1.44. The third-order valence-corrected chi connectivity index (χ3v) is 4.11. The van der Waals surface area contributed by atoms with Gasteiger partial charge in [0, 0.05) is 37.9 Å². The second kappa shape index (κ2) is 8.52. The van der Waals surface area contributed by atoms with E-state index >= 15 is 0 Å². The zero-order valence-corrected chi connectivity index (χ0v) is 14.2. The van der Waals surface area contributed by atoms with Crippen molar-refractivity contribution in [1.82, 2.24) is 9.88 Å². The number of aromatic hydroxyl groups is 1. The Morgan fingerprint density at radius 1 is 1.44 bits per heavy atom. The van der Waals surface area contributed by atoms with Crippen LogP contribution in [0.25, 0.3) is 0 Å². The first kappa shape index (κ1) is 18.8. The van der Waals surface area contributed by atoms with Crippen molar-refractivity contribution in [3.05, 3.63) is 17.8 Å². The number of esters is 1. The molecule has 1 amide bonds. The summed E-state index contributed by atoms with van der Waals surface area (Å²) in [6.07, 6.45) is 0.722. The van der Waals surface area contributed by atoms with Gasteiger partial charge < -0.3 is 29.3 Å². The van der Waals surface area contributed by atoms with Crippen LogP contribution < -0.4 is 4.74 Å². The van der Waals surface area contributed by atoms with Gasteiger partial charge in [0.1, 0.15) is 0 Å². The summed E-state index contributed by atoms with van der Waals surface area (Å²) in [4.78, 5) is 28.6. The van der Waals surface area contributed by atoms with E-state index in [9.17, 15) is 19.8 Å². The topological polar surface area (TPSA) is 118 Å². The van der Waals surface area contributed by atoms with E-state index in [1.165, 1.54) is 18.2 Å². The molecule has 0 bridgehead atoms. The first-order valence-electron chi connectivity index (χ1n) is 7.93. The molecule has 1 aromatic rings. The molecule has 0 radical (unpaired) electrons. The number of likely N-dealkylation sites (tertiary alicyclic amines) is 1. The summed E-state index contributed by atoms with van der Waals surface area (Å²) in [5, 5.41) is 19.2. The molecule has 0 spiro atoms. The Balaban J connectivity index is 2.36. The third-order valence-electron chi connectivity index (χ3n) is 4.11. The number of carbonyl (C=O) groups is 2. The smallest absolute Gasteiger partial charge is 0.407 e. The van der Waals surface area contributed by atoms with Gasteiger partial charge in [-0.3, -0.25) is 4.79 Å². The van der Waals surface area contributed by atoms with Crippen LogP contribution in [0.3, 0.4) is 0 Å². The van der Waals surface area contributed by atoms with Crippen molar-refractivity contribution >= 4 is 12.1 Å². The molecular weight excluding hydrogens is 332 g/mol.